The molecular weight excluding hydrogens is 367 g/mol. The molecule has 4 nitrogen and oxygen atoms in total. The summed E-state index contributed by atoms with van der Waals surface area (Å²) < 4.78 is 29.5. The van der Waals surface area contributed by atoms with Gasteiger partial charge in [0.25, 0.3) is 0 Å². The molecule has 0 aliphatic carbocycles. The second-order valence-electron chi connectivity index (χ2n) is 4.79. The Morgan fingerprint density at radius 3 is 2.83 bits per heavy atom. The fourth-order valence-corrected chi connectivity index (χ4v) is 2.48. The van der Waals surface area contributed by atoms with E-state index in [4.69, 9.17) is 14.2 Å². The summed E-state index contributed by atoms with van der Waals surface area (Å²) in [6.45, 7) is 0.269. The van der Waals surface area contributed by atoms with Gasteiger partial charge in [-0.05, 0) is 35.9 Å². The van der Waals surface area contributed by atoms with E-state index < -0.39 is 5.97 Å². The van der Waals surface area contributed by atoms with Gasteiger partial charge in [0.1, 0.15) is 12.4 Å². The van der Waals surface area contributed by atoms with E-state index in [9.17, 15) is 9.18 Å². The minimum Gasteiger partial charge on any atom is -0.458 e. The fraction of sp³-hybridized carbons (Fsp3) is 0.118. The van der Waals surface area contributed by atoms with Crippen molar-refractivity contribution < 1.29 is 23.4 Å². The average Bonchev–Trinajstić information content (AvgIpc) is 2.97. The lowest BCUT2D eigenvalue weighted by Crippen LogP contribution is -2.01. The van der Waals surface area contributed by atoms with Gasteiger partial charge in [-0.25, -0.2) is 9.18 Å². The van der Waals surface area contributed by atoms with Crippen molar-refractivity contribution in [3.05, 3.63) is 63.9 Å². The number of hydrogen-bond acceptors (Lipinski definition) is 4. The lowest BCUT2D eigenvalue weighted by molar-refractivity contribution is -0.138. The number of hydrogen-bond donors (Lipinski definition) is 0. The molecule has 0 N–H and O–H groups in total. The number of rotatable bonds is 4. The standard InChI is InChI=1S/C17H12BrFO4/c18-14-8-16-15(22-10-23-16)7-12(14)9-21-17(20)5-4-11-2-1-3-13(19)6-11/h1-8H,9-10H2/b5-4+. The highest BCUT2D eigenvalue weighted by molar-refractivity contribution is 9.10. The molecule has 2 aromatic rings. The summed E-state index contributed by atoms with van der Waals surface area (Å²) in [5.74, 6) is 0.399. The Balaban J connectivity index is 1.61. The van der Waals surface area contributed by atoms with Crippen LogP contribution in [-0.2, 0) is 16.1 Å². The molecule has 0 saturated heterocycles. The molecule has 1 aliphatic rings. The Morgan fingerprint density at radius 1 is 1.26 bits per heavy atom. The van der Waals surface area contributed by atoms with Crippen LogP contribution in [0.5, 0.6) is 11.5 Å². The smallest absolute Gasteiger partial charge is 0.331 e. The van der Waals surface area contributed by atoms with E-state index in [-0.39, 0.29) is 19.2 Å². The molecule has 0 atom stereocenters. The molecule has 2 aromatic carbocycles. The van der Waals surface area contributed by atoms with Crippen molar-refractivity contribution in [1.29, 1.82) is 0 Å². The van der Waals surface area contributed by atoms with Gasteiger partial charge in [0.15, 0.2) is 11.5 Å². The molecule has 1 heterocycles. The van der Waals surface area contributed by atoms with E-state index in [1.165, 1.54) is 24.3 Å². The Hall–Kier alpha value is -2.34. The predicted octanol–water partition coefficient (Wildman–Crippen LogP) is 4.07. The summed E-state index contributed by atoms with van der Waals surface area (Å²) in [6, 6.07) is 9.47. The van der Waals surface area contributed by atoms with E-state index in [0.29, 0.717) is 17.1 Å². The van der Waals surface area contributed by atoms with Gasteiger partial charge < -0.3 is 14.2 Å². The monoisotopic (exact) mass is 378 g/mol. The van der Waals surface area contributed by atoms with Crippen LogP contribution in [-0.4, -0.2) is 12.8 Å². The van der Waals surface area contributed by atoms with E-state index in [1.54, 1.807) is 24.3 Å². The van der Waals surface area contributed by atoms with Crippen molar-refractivity contribution in [2.75, 3.05) is 6.79 Å². The summed E-state index contributed by atoms with van der Waals surface area (Å²) in [5.41, 5.74) is 1.35. The number of benzene rings is 2. The van der Waals surface area contributed by atoms with Crippen LogP contribution in [0.3, 0.4) is 0 Å². The number of esters is 1. The van der Waals surface area contributed by atoms with Crippen molar-refractivity contribution in [3.63, 3.8) is 0 Å². The Bertz CT molecular complexity index is 773. The quantitative estimate of drug-likeness (QED) is 0.594. The topological polar surface area (TPSA) is 44.8 Å². The Morgan fingerprint density at radius 2 is 2.04 bits per heavy atom. The van der Waals surface area contributed by atoms with Gasteiger partial charge in [0, 0.05) is 16.1 Å². The first-order chi connectivity index (χ1) is 11.1. The molecule has 6 heteroatoms. The van der Waals surface area contributed by atoms with Gasteiger partial charge in [-0.3, -0.25) is 0 Å². The molecule has 118 valence electrons. The number of halogens is 2. The zero-order valence-corrected chi connectivity index (χ0v) is 13.5. The molecule has 0 radical (unpaired) electrons. The number of carbonyl (C=O) groups excluding carboxylic acids is 1. The van der Waals surface area contributed by atoms with Crippen molar-refractivity contribution in [2.45, 2.75) is 6.61 Å². The zero-order valence-electron chi connectivity index (χ0n) is 11.9. The molecule has 3 rings (SSSR count). The molecule has 1 aliphatic heterocycles. The van der Waals surface area contributed by atoms with E-state index >= 15 is 0 Å². The number of fused-ring (bicyclic) bond motifs is 1. The number of carbonyl (C=O) groups is 1. The number of ether oxygens (including phenoxy) is 3. The second-order valence-corrected chi connectivity index (χ2v) is 5.65. The van der Waals surface area contributed by atoms with Crippen molar-refractivity contribution in [2.24, 2.45) is 0 Å². The molecular formula is C17H12BrFO4. The third-order valence-corrected chi connectivity index (χ3v) is 3.91. The zero-order chi connectivity index (χ0) is 16.2. The highest BCUT2D eigenvalue weighted by Gasteiger charge is 2.16. The van der Waals surface area contributed by atoms with E-state index in [0.717, 1.165) is 10.0 Å². The molecule has 0 saturated carbocycles. The summed E-state index contributed by atoms with van der Waals surface area (Å²) in [6.07, 6.45) is 2.76. The lowest BCUT2D eigenvalue weighted by atomic mass is 10.2. The SMILES string of the molecule is O=C(/C=C/c1cccc(F)c1)OCc1cc2c(cc1Br)OCO2. The second kappa shape index (κ2) is 6.83. The first-order valence-corrected chi connectivity index (χ1v) is 7.59. The maximum absolute atomic E-state index is 13.0. The molecule has 0 spiro atoms. The molecule has 0 aromatic heterocycles. The van der Waals surface area contributed by atoms with Gasteiger partial charge in [-0.2, -0.15) is 0 Å². The van der Waals surface area contributed by atoms with Crippen LogP contribution in [0, 0.1) is 5.82 Å². The van der Waals surface area contributed by atoms with Crippen LogP contribution in [0.4, 0.5) is 4.39 Å². The van der Waals surface area contributed by atoms with Crippen LogP contribution in [0.15, 0.2) is 46.9 Å². The van der Waals surface area contributed by atoms with Gasteiger partial charge in [0.2, 0.25) is 6.79 Å². The van der Waals surface area contributed by atoms with Crippen LogP contribution in [0.2, 0.25) is 0 Å². The highest BCUT2D eigenvalue weighted by Crippen LogP contribution is 2.37. The van der Waals surface area contributed by atoms with Gasteiger partial charge in [-0.15, -0.1) is 0 Å². The minimum absolute atomic E-state index is 0.0869. The molecule has 23 heavy (non-hydrogen) atoms. The van der Waals surface area contributed by atoms with Crippen LogP contribution >= 0.6 is 15.9 Å². The Kier molecular flexibility index (Phi) is 4.62. The first kappa shape index (κ1) is 15.6. The minimum atomic E-state index is -0.515. The van der Waals surface area contributed by atoms with Gasteiger partial charge >= 0.3 is 5.97 Å². The van der Waals surface area contributed by atoms with E-state index in [2.05, 4.69) is 15.9 Å². The van der Waals surface area contributed by atoms with Crippen LogP contribution in [0.1, 0.15) is 11.1 Å². The molecule has 0 unspecified atom stereocenters. The third kappa shape index (κ3) is 3.90. The van der Waals surface area contributed by atoms with Crippen molar-refractivity contribution >= 4 is 28.0 Å². The van der Waals surface area contributed by atoms with Crippen molar-refractivity contribution in [3.8, 4) is 11.5 Å². The maximum Gasteiger partial charge on any atom is 0.331 e. The van der Waals surface area contributed by atoms with E-state index in [1.807, 2.05) is 0 Å². The van der Waals surface area contributed by atoms with Crippen LogP contribution in [0.25, 0.3) is 6.08 Å². The predicted molar refractivity (Wildman–Crippen MR) is 85.5 cm³/mol. The van der Waals surface area contributed by atoms with Crippen molar-refractivity contribution in [1.82, 2.24) is 0 Å². The van der Waals surface area contributed by atoms with Gasteiger partial charge in [-0.1, -0.05) is 28.1 Å². The van der Waals surface area contributed by atoms with Gasteiger partial charge in [0.05, 0.1) is 0 Å². The summed E-state index contributed by atoms with van der Waals surface area (Å²) >= 11 is 3.40. The van der Waals surface area contributed by atoms with Crippen LogP contribution < -0.4 is 9.47 Å². The normalized spacial score (nSPS) is 12.6. The maximum atomic E-state index is 13.0. The molecule has 0 bridgehead atoms. The summed E-state index contributed by atoms with van der Waals surface area (Å²) in [5, 5.41) is 0. The first-order valence-electron chi connectivity index (χ1n) is 6.80. The Labute approximate surface area is 140 Å². The molecule has 0 amide bonds. The fourth-order valence-electron chi connectivity index (χ4n) is 2.04. The summed E-state index contributed by atoms with van der Waals surface area (Å²) in [7, 11) is 0. The average molecular weight is 379 g/mol. The lowest BCUT2D eigenvalue weighted by Gasteiger charge is -2.06. The highest BCUT2D eigenvalue weighted by atomic mass is 79.9. The summed E-state index contributed by atoms with van der Waals surface area (Å²) in [4.78, 5) is 11.7. The third-order valence-electron chi connectivity index (χ3n) is 3.17. The molecule has 0 fully saturated rings. The largest absolute Gasteiger partial charge is 0.458 e.